The number of likely N-dealkylation sites (tertiary alicyclic amines) is 1. The van der Waals surface area contributed by atoms with E-state index in [-0.39, 0.29) is 11.7 Å². The molecule has 3 rings (SSSR count). The van der Waals surface area contributed by atoms with Gasteiger partial charge in [0.05, 0.1) is 5.41 Å². The van der Waals surface area contributed by atoms with Crippen molar-refractivity contribution in [3.63, 3.8) is 0 Å². The van der Waals surface area contributed by atoms with Gasteiger partial charge in [-0.15, -0.1) is 0 Å². The molecule has 1 aliphatic rings. The molecule has 1 heterocycles. The van der Waals surface area contributed by atoms with Crippen molar-refractivity contribution in [3.05, 3.63) is 71.5 Å². The molecule has 0 aromatic heterocycles. The van der Waals surface area contributed by atoms with Gasteiger partial charge in [-0.1, -0.05) is 42.5 Å². The predicted octanol–water partition coefficient (Wildman–Crippen LogP) is 2.84. The minimum atomic E-state index is -0.680. The van der Waals surface area contributed by atoms with Gasteiger partial charge in [-0.05, 0) is 49.2 Å². The van der Waals surface area contributed by atoms with Gasteiger partial charge in [0.15, 0.2) is 0 Å². The molecule has 0 spiro atoms. The van der Waals surface area contributed by atoms with E-state index in [0.717, 1.165) is 25.2 Å². The topological polar surface area (TPSA) is 46.3 Å². The summed E-state index contributed by atoms with van der Waals surface area (Å²) in [4.78, 5) is 14.5. The molecular weight excluding hydrogens is 291 g/mol. The average molecular weight is 312 g/mol. The van der Waals surface area contributed by atoms with Crippen LogP contribution in [0.25, 0.3) is 0 Å². The van der Waals surface area contributed by atoms with Crippen LogP contribution in [0.3, 0.4) is 0 Å². The van der Waals surface area contributed by atoms with Crippen molar-refractivity contribution in [1.82, 2.24) is 4.90 Å². The van der Waals surface area contributed by atoms with Gasteiger partial charge in [0.1, 0.15) is 5.82 Å². The molecule has 0 radical (unpaired) electrons. The Morgan fingerprint density at radius 3 is 2.22 bits per heavy atom. The van der Waals surface area contributed by atoms with Gasteiger partial charge in [-0.2, -0.15) is 0 Å². The van der Waals surface area contributed by atoms with Crippen molar-refractivity contribution < 1.29 is 9.18 Å². The molecule has 4 heteroatoms. The number of rotatable bonds is 4. The average Bonchev–Trinajstić information content (AvgIpc) is 2.57. The monoisotopic (exact) mass is 312 g/mol. The van der Waals surface area contributed by atoms with Crippen molar-refractivity contribution in [1.29, 1.82) is 0 Å². The summed E-state index contributed by atoms with van der Waals surface area (Å²) in [6.45, 7) is 2.48. The lowest BCUT2D eigenvalue weighted by Gasteiger charge is -2.40. The predicted molar refractivity (Wildman–Crippen MR) is 88.2 cm³/mol. The number of piperidine rings is 1. The van der Waals surface area contributed by atoms with Crippen LogP contribution in [-0.2, 0) is 16.8 Å². The third-order valence-corrected chi connectivity index (χ3v) is 4.83. The quantitative estimate of drug-likeness (QED) is 0.943. The molecule has 0 saturated carbocycles. The van der Waals surface area contributed by atoms with E-state index in [4.69, 9.17) is 5.73 Å². The van der Waals surface area contributed by atoms with Crippen molar-refractivity contribution in [2.45, 2.75) is 24.8 Å². The zero-order chi connectivity index (χ0) is 16.3. The third-order valence-electron chi connectivity index (χ3n) is 4.83. The summed E-state index contributed by atoms with van der Waals surface area (Å²) in [6, 6.07) is 16.5. The lowest BCUT2D eigenvalue weighted by atomic mass is 9.72. The molecule has 2 N–H and O–H groups in total. The van der Waals surface area contributed by atoms with E-state index < -0.39 is 5.41 Å². The molecular formula is C19H21FN2O. The molecule has 1 fully saturated rings. The molecule has 2 aromatic rings. The Labute approximate surface area is 135 Å². The number of nitrogens with two attached hydrogens (primary N) is 1. The van der Waals surface area contributed by atoms with Crippen LogP contribution in [-0.4, -0.2) is 23.9 Å². The summed E-state index contributed by atoms with van der Waals surface area (Å²) in [5.41, 5.74) is 7.13. The first-order valence-corrected chi connectivity index (χ1v) is 7.92. The maximum absolute atomic E-state index is 13.2. The van der Waals surface area contributed by atoms with E-state index in [9.17, 15) is 9.18 Å². The van der Waals surface area contributed by atoms with E-state index >= 15 is 0 Å². The molecule has 0 bridgehead atoms. The Bertz CT molecular complexity index is 662. The largest absolute Gasteiger partial charge is 0.369 e. The van der Waals surface area contributed by atoms with Crippen LogP contribution in [0, 0.1) is 5.82 Å². The number of carbonyl (C=O) groups is 1. The Kier molecular flexibility index (Phi) is 4.44. The zero-order valence-electron chi connectivity index (χ0n) is 13.0. The molecule has 1 amide bonds. The number of carbonyl (C=O) groups excluding carboxylic acids is 1. The first-order valence-electron chi connectivity index (χ1n) is 7.92. The van der Waals surface area contributed by atoms with Crippen LogP contribution >= 0.6 is 0 Å². The van der Waals surface area contributed by atoms with E-state index in [1.54, 1.807) is 12.1 Å². The van der Waals surface area contributed by atoms with Crippen LogP contribution in [0.2, 0.25) is 0 Å². The molecule has 0 atom stereocenters. The minimum Gasteiger partial charge on any atom is -0.369 e. The molecule has 1 saturated heterocycles. The second kappa shape index (κ2) is 6.50. The van der Waals surface area contributed by atoms with Gasteiger partial charge in [-0.3, -0.25) is 9.69 Å². The lowest BCUT2D eigenvalue weighted by molar-refractivity contribution is -0.125. The summed E-state index contributed by atoms with van der Waals surface area (Å²) in [5, 5.41) is 0. The van der Waals surface area contributed by atoms with Crippen LogP contribution in [0.1, 0.15) is 24.0 Å². The Morgan fingerprint density at radius 1 is 1.04 bits per heavy atom. The third kappa shape index (κ3) is 3.27. The van der Waals surface area contributed by atoms with Gasteiger partial charge >= 0.3 is 0 Å². The number of primary amides is 1. The van der Waals surface area contributed by atoms with Gasteiger partial charge in [0.25, 0.3) is 0 Å². The van der Waals surface area contributed by atoms with Gasteiger partial charge < -0.3 is 5.73 Å². The number of hydrogen-bond acceptors (Lipinski definition) is 2. The summed E-state index contributed by atoms with van der Waals surface area (Å²) >= 11 is 0. The van der Waals surface area contributed by atoms with Gasteiger partial charge in [0.2, 0.25) is 5.91 Å². The summed E-state index contributed by atoms with van der Waals surface area (Å²) in [7, 11) is 0. The van der Waals surface area contributed by atoms with Gasteiger partial charge in [-0.25, -0.2) is 4.39 Å². The fourth-order valence-corrected chi connectivity index (χ4v) is 3.38. The van der Waals surface area contributed by atoms with E-state index in [2.05, 4.69) is 17.0 Å². The summed E-state index contributed by atoms with van der Waals surface area (Å²) in [6.07, 6.45) is 1.33. The second-order valence-electron chi connectivity index (χ2n) is 6.21. The van der Waals surface area contributed by atoms with E-state index in [1.165, 1.54) is 17.7 Å². The highest BCUT2D eigenvalue weighted by Gasteiger charge is 2.41. The molecule has 23 heavy (non-hydrogen) atoms. The van der Waals surface area contributed by atoms with Crippen LogP contribution in [0.5, 0.6) is 0 Å². The zero-order valence-corrected chi connectivity index (χ0v) is 13.0. The van der Waals surface area contributed by atoms with Crippen molar-refractivity contribution in [2.75, 3.05) is 13.1 Å². The standard InChI is InChI=1S/C19H21FN2O/c20-17-8-6-16(7-9-17)19(18(21)23)10-12-22(13-11-19)14-15-4-2-1-3-5-15/h1-9H,10-14H2,(H2,21,23). The number of benzene rings is 2. The number of amides is 1. The highest BCUT2D eigenvalue weighted by molar-refractivity contribution is 5.86. The number of halogens is 1. The van der Waals surface area contributed by atoms with Crippen molar-refractivity contribution in [3.8, 4) is 0 Å². The van der Waals surface area contributed by atoms with Crippen molar-refractivity contribution in [2.24, 2.45) is 5.73 Å². The summed E-state index contributed by atoms with van der Waals surface area (Å²) in [5.74, 6) is -0.613. The van der Waals surface area contributed by atoms with Crippen LogP contribution in [0.4, 0.5) is 4.39 Å². The normalized spacial score (nSPS) is 17.8. The minimum absolute atomic E-state index is 0.296. The van der Waals surface area contributed by atoms with Gasteiger partial charge in [0, 0.05) is 6.54 Å². The van der Waals surface area contributed by atoms with Crippen molar-refractivity contribution >= 4 is 5.91 Å². The SMILES string of the molecule is NC(=O)C1(c2ccc(F)cc2)CCN(Cc2ccccc2)CC1. The fourth-order valence-electron chi connectivity index (χ4n) is 3.38. The first-order chi connectivity index (χ1) is 11.1. The van der Waals surface area contributed by atoms with Crippen LogP contribution in [0.15, 0.2) is 54.6 Å². The molecule has 0 unspecified atom stereocenters. The fraction of sp³-hybridized carbons (Fsp3) is 0.316. The Hall–Kier alpha value is -2.20. The first kappa shape index (κ1) is 15.7. The number of nitrogens with zero attached hydrogens (tertiary/aromatic N) is 1. The molecule has 3 nitrogen and oxygen atoms in total. The molecule has 120 valence electrons. The van der Waals surface area contributed by atoms with Crippen LogP contribution < -0.4 is 5.73 Å². The molecule has 0 aliphatic carbocycles. The van der Waals surface area contributed by atoms with E-state index in [0.29, 0.717) is 12.8 Å². The maximum Gasteiger partial charge on any atom is 0.228 e. The highest BCUT2D eigenvalue weighted by atomic mass is 19.1. The molecule has 1 aliphatic heterocycles. The number of hydrogen-bond donors (Lipinski definition) is 1. The smallest absolute Gasteiger partial charge is 0.228 e. The Balaban J connectivity index is 1.73. The molecule has 2 aromatic carbocycles. The maximum atomic E-state index is 13.2. The highest BCUT2D eigenvalue weighted by Crippen LogP contribution is 2.35. The second-order valence-corrected chi connectivity index (χ2v) is 6.21. The van der Waals surface area contributed by atoms with E-state index in [1.807, 2.05) is 18.2 Å². The Morgan fingerprint density at radius 2 is 1.65 bits per heavy atom. The summed E-state index contributed by atoms with van der Waals surface area (Å²) < 4.78 is 13.2. The lowest BCUT2D eigenvalue weighted by Crippen LogP contribution is -2.49.